The molecule has 0 amide bonds. The topological polar surface area (TPSA) is 50.4 Å². The summed E-state index contributed by atoms with van der Waals surface area (Å²) in [6.07, 6.45) is 0. The number of aromatic hydroxyl groups is 1. The van der Waals surface area contributed by atoms with Crippen LogP contribution < -0.4 is 5.63 Å². The highest BCUT2D eigenvalue weighted by molar-refractivity contribution is 7.99. The molecular formula is C18H14Cl2O3S. The number of benzene rings is 2. The molecule has 124 valence electrons. The molecule has 6 heteroatoms. The van der Waals surface area contributed by atoms with Gasteiger partial charge in [-0.2, -0.15) is 0 Å². The van der Waals surface area contributed by atoms with Crippen LogP contribution in [0.5, 0.6) is 5.75 Å². The summed E-state index contributed by atoms with van der Waals surface area (Å²) in [6, 6.07) is 7.06. The maximum absolute atomic E-state index is 12.3. The third-order valence-electron chi connectivity index (χ3n) is 3.67. The number of rotatable bonds is 2. The summed E-state index contributed by atoms with van der Waals surface area (Å²) in [4.78, 5) is 13.4. The fourth-order valence-corrected chi connectivity index (χ4v) is 4.23. The van der Waals surface area contributed by atoms with E-state index in [0.29, 0.717) is 10.4 Å². The predicted octanol–water partition coefficient (Wildman–Crippen LogP) is 5.88. The first kappa shape index (κ1) is 17.2. The lowest BCUT2D eigenvalue weighted by Gasteiger charge is -2.12. The number of hydrogen-bond acceptors (Lipinski definition) is 4. The van der Waals surface area contributed by atoms with Crippen LogP contribution >= 0.6 is 35.0 Å². The van der Waals surface area contributed by atoms with Crippen molar-refractivity contribution in [1.29, 1.82) is 0 Å². The minimum absolute atomic E-state index is 0.121. The van der Waals surface area contributed by atoms with Crippen molar-refractivity contribution in [1.82, 2.24) is 0 Å². The third-order valence-corrected chi connectivity index (χ3v) is 5.58. The molecule has 0 spiro atoms. The molecule has 3 rings (SSSR count). The van der Waals surface area contributed by atoms with Crippen molar-refractivity contribution in [2.24, 2.45) is 0 Å². The Morgan fingerprint density at radius 3 is 2.25 bits per heavy atom. The van der Waals surface area contributed by atoms with E-state index >= 15 is 0 Å². The average molecular weight is 381 g/mol. The molecule has 0 saturated heterocycles. The molecule has 0 aliphatic rings. The zero-order valence-electron chi connectivity index (χ0n) is 13.2. The lowest BCUT2D eigenvalue weighted by atomic mass is 10.1. The van der Waals surface area contributed by atoms with Gasteiger partial charge in [0.1, 0.15) is 10.6 Å². The molecule has 24 heavy (non-hydrogen) atoms. The second kappa shape index (κ2) is 6.36. The predicted molar refractivity (Wildman–Crippen MR) is 98.9 cm³/mol. The monoisotopic (exact) mass is 380 g/mol. The normalized spacial score (nSPS) is 11.2. The minimum Gasteiger partial charge on any atom is -0.506 e. The smallest absolute Gasteiger partial charge is 0.354 e. The Kier molecular flexibility index (Phi) is 4.56. The Hall–Kier alpha value is -1.62. The largest absolute Gasteiger partial charge is 0.506 e. The van der Waals surface area contributed by atoms with Crippen LogP contribution in [0.2, 0.25) is 10.0 Å². The first-order valence-electron chi connectivity index (χ1n) is 7.18. The van der Waals surface area contributed by atoms with Crippen LogP contribution in [-0.2, 0) is 0 Å². The molecule has 1 aromatic heterocycles. The minimum atomic E-state index is -0.631. The Balaban J connectivity index is 2.23. The molecule has 0 aliphatic carbocycles. The fourth-order valence-electron chi connectivity index (χ4n) is 2.72. The summed E-state index contributed by atoms with van der Waals surface area (Å²) in [6.45, 7) is 5.95. The van der Waals surface area contributed by atoms with E-state index in [2.05, 4.69) is 0 Å². The van der Waals surface area contributed by atoms with Gasteiger partial charge in [-0.1, -0.05) is 52.7 Å². The van der Waals surface area contributed by atoms with E-state index < -0.39 is 5.63 Å². The molecule has 0 unspecified atom stereocenters. The van der Waals surface area contributed by atoms with Crippen molar-refractivity contribution in [2.45, 2.75) is 30.6 Å². The van der Waals surface area contributed by atoms with Crippen LogP contribution in [-0.4, -0.2) is 5.11 Å². The molecule has 1 N–H and O–H groups in total. The van der Waals surface area contributed by atoms with Crippen molar-refractivity contribution < 1.29 is 9.52 Å². The van der Waals surface area contributed by atoms with E-state index in [1.165, 1.54) is 23.9 Å². The molecule has 0 aliphatic heterocycles. The second-order valence-electron chi connectivity index (χ2n) is 5.66. The quantitative estimate of drug-likeness (QED) is 0.563. The molecule has 0 bridgehead atoms. The Labute approximate surface area is 153 Å². The number of hydrogen-bond donors (Lipinski definition) is 1. The summed E-state index contributed by atoms with van der Waals surface area (Å²) in [5, 5.41) is 11.4. The maximum atomic E-state index is 12.3. The van der Waals surface area contributed by atoms with Crippen LogP contribution in [0.15, 0.2) is 43.3 Å². The van der Waals surface area contributed by atoms with Crippen molar-refractivity contribution >= 4 is 45.9 Å². The van der Waals surface area contributed by atoms with Gasteiger partial charge < -0.3 is 9.52 Å². The standard InChI is InChI=1S/C18H14Cl2O3S/c1-8-4-9(2)16(10(3)5-8)24-17-14(21)12-6-11(19)7-13(20)15(12)23-18(17)22/h4-7,21H,1-3H3. The average Bonchev–Trinajstić information content (AvgIpc) is 2.47. The Morgan fingerprint density at radius 2 is 1.62 bits per heavy atom. The van der Waals surface area contributed by atoms with Gasteiger partial charge >= 0.3 is 5.63 Å². The van der Waals surface area contributed by atoms with Crippen molar-refractivity contribution in [2.75, 3.05) is 0 Å². The van der Waals surface area contributed by atoms with E-state index in [1.807, 2.05) is 32.9 Å². The Bertz CT molecular complexity index is 1000. The van der Waals surface area contributed by atoms with Crippen molar-refractivity contribution in [3.63, 3.8) is 0 Å². The van der Waals surface area contributed by atoms with Crippen LogP contribution in [0.1, 0.15) is 16.7 Å². The van der Waals surface area contributed by atoms with E-state index in [-0.39, 0.29) is 21.3 Å². The molecular weight excluding hydrogens is 367 g/mol. The molecule has 3 nitrogen and oxygen atoms in total. The lowest BCUT2D eigenvalue weighted by Crippen LogP contribution is -2.03. The van der Waals surface area contributed by atoms with Gasteiger partial charge in [-0.05, 0) is 44.0 Å². The van der Waals surface area contributed by atoms with Gasteiger partial charge in [0, 0.05) is 9.92 Å². The molecule has 2 aromatic carbocycles. The van der Waals surface area contributed by atoms with Gasteiger partial charge in [0.2, 0.25) is 0 Å². The summed E-state index contributed by atoms with van der Waals surface area (Å²) in [7, 11) is 0. The summed E-state index contributed by atoms with van der Waals surface area (Å²) >= 11 is 13.2. The maximum Gasteiger partial charge on any atom is 0.354 e. The number of halogens is 2. The first-order valence-corrected chi connectivity index (χ1v) is 8.75. The van der Waals surface area contributed by atoms with Gasteiger partial charge in [-0.15, -0.1) is 0 Å². The van der Waals surface area contributed by atoms with Gasteiger partial charge in [0.05, 0.1) is 10.4 Å². The van der Waals surface area contributed by atoms with Crippen LogP contribution in [0.4, 0.5) is 0 Å². The van der Waals surface area contributed by atoms with E-state index in [0.717, 1.165) is 21.6 Å². The summed E-state index contributed by atoms with van der Waals surface area (Å²) in [5.41, 5.74) is 2.70. The molecule has 0 fully saturated rings. The highest BCUT2D eigenvalue weighted by Gasteiger charge is 2.19. The van der Waals surface area contributed by atoms with Gasteiger partial charge in [0.15, 0.2) is 5.58 Å². The summed E-state index contributed by atoms with van der Waals surface area (Å²) < 4.78 is 5.31. The third kappa shape index (κ3) is 3.02. The fraction of sp³-hybridized carbons (Fsp3) is 0.167. The van der Waals surface area contributed by atoms with Gasteiger partial charge in [-0.25, -0.2) is 4.79 Å². The first-order chi connectivity index (χ1) is 11.3. The van der Waals surface area contributed by atoms with Gasteiger partial charge in [-0.3, -0.25) is 0 Å². The Morgan fingerprint density at radius 1 is 1.00 bits per heavy atom. The lowest BCUT2D eigenvalue weighted by molar-refractivity contribution is 0.447. The molecule has 0 saturated carbocycles. The van der Waals surface area contributed by atoms with Crippen molar-refractivity contribution in [3.05, 3.63) is 61.4 Å². The van der Waals surface area contributed by atoms with Crippen LogP contribution in [0.25, 0.3) is 11.0 Å². The van der Waals surface area contributed by atoms with E-state index in [9.17, 15) is 9.90 Å². The highest BCUT2D eigenvalue weighted by Crippen LogP contribution is 2.41. The van der Waals surface area contributed by atoms with Crippen molar-refractivity contribution in [3.8, 4) is 5.75 Å². The summed E-state index contributed by atoms with van der Waals surface area (Å²) in [5.74, 6) is -0.171. The zero-order chi connectivity index (χ0) is 17.6. The highest BCUT2D eigenvalue weighted by atomic mass is 35.5. The molecule has 0 atom stereocenters. The molecule has 3 aromatic rings. The van der Waals surface area contributed by atoms with Crippen LogP contribution in [0.3, 0.4) is 0 Å². The van der Waals surface area contributed by atoms with E-state index in [4.69, 9.17) is 27.6 Å². The zero-order valence-corrected chi connectivity index (χ0v) is 15.6. The van der Waals surface area contributed by atoms with Crippen LogP contribution in [0, 0.1) is 20.8 Å². The number of aryl methyl sites for hydroxylation is 3. The SMILES string of the molecule is Cc1cc(C)c(Sc2c(O)c3cc(Cl)cc(Cl)c3oc2=O)c(C)c1. The van der Waals surface area contributed by atoms with E-state index in [1.54, 1.807) is 0 Å². The second-order valence-corrected chi connectivity index (χ2v) is 7.53. The molecule has 0 radical (unpaired) electrons. The molecule has 1 heterocycles. The number of fused-ring (bicyclic) bond motifs is 1. The van der Waals surface area contributed by atoms with Gasteiger partial charge in [0.25, 0.3) is 0 Å².